The number of amides is 1. The van der Waals surface area contributed by atoms with Crippen molar-refractivity contribution in [2.45, 2.75) is 13.3 Å². The van der Waals surface area contributed by atoms with Crippen LogP contribution in [0.3, 0.4) is 0 Å². The Morgan fingerprint density at radius 2 is 1.85 bits per heavy atom. The van der Waals surface area contributed by atoms with E-state index >= 15 is 0 Å². The van der Waals surface area contributed by atoms with E-state index in [2.05, 4.69) is 25.5 Å². The second-order valence-electron chi connectivity index (χ2n) is 6.33. The molecule has 0 saturated heterocycles. The zero-order chi connectivity index (χ0) is 19.8. The van der Waals surface area contributed by atoms with Gasteiger partial charge in [-0.3, -0.25) is 4.79 Å². The number of methoxy groups -OCH3 is 2. The minimum absolute atomic E-state index is 0.299. The Morgan fingerprint density at radius 3 is 2.52 bits per heavy atom. The molecule has 2 rings (SSSR count). The minimum atomic E-state index is -0.316. The highest BCUT2D eigenvalue weighted by Crippen LogP contribution is 2.29. The van der Waals surface area contributed by atoms with Crippen LogP contribution in [0.5, 0.6) is 11.5 Å². The first kappa shape index (κ1) is 20.4. The minimum Gasteiger partial charge on any atom is -0.493 e. The number of hydrogen-bond donors (Lipinski definition) is 2. The van der Waals surface area contributed by atoms with Gasteiger partial charge in [-0.15, -0.1) is 0 Å². The fraction of sp³-hybridized carbons (Fsp3) is 0.421. The standard InChI is InChI=1S/C19H27N5O3/c1-13-11-15(23-19(21-13)20-9-6-10-24(2)3)18(25)22-14-7-8-16(26-4)17(12-14)27-5/h7-8,11-12H,6,9-10H2,1-5H3,(H,22,25)(H,20,21,23). The Hall–Kier alpha value is -2.87. The number of benzene rings is 1. The molecule has 0 atom stereocenters. The molecule has 0 saturated carbocycles. The summed E-state index contributed by atoms with van der Waals surface area (Å²) in [5, 5.41) is 5.99. The summed E-state index contributed by atoms with van der Waals surface area (Å²) in [4.78, 5) is 23.4. The molecule has 1 aromatic heterocycles. The molecule has 0 aliphatic heterocycles. The molecule has 1 aromatic carbocycles. The Labute approximate surface area is 159 Å². The van der Waals surface area contributed by atoms with E-state index in [0.29, 0.717) is 28.8 Å². The normalized spacial score (nSPS) is 10.6. The quantitative estimate of drug-likeness (QED) is 0.653. The summed E-state index contributed by atoms with van der Waals surface area (Å²) in [6, 6.07) is 6.83. The smallest absolute Gasteiger partial charge is 0.274 e. The average Bonchev–Trinajstić information content (AvgIpc) is 2.64. The van der Waals surface area contributed by atoms with Crippen molar-refractivity contribution in [2.24, 2.45) is 0 Å². The molecule has 0 aliphatic rings. The van der Waals surface area contributed by atoms with E-state index in [4.69, 9.17) is 9.47 Å². The van der Waals surface area contributed by atoms with E-state index in [0.717, 1.165) is 25.2 Å². The highest BCUT2D eigenvalue weighted by atomic mass is 16.5. The number of ether oxygens (including phenoxy) is 2. The predicted octanol–water partition coefficient (Wildman–Crippen LogP) is 2.42. The lowest BCUT2D eigenvalue weighted by Gasteiger charge is -2.12. The lowest BCUT2D eigenvalue weighted by atomic mass is 10.2. The molecule has 8 nitrogen and oxygen atoms in total. The van der Waals surface area contributed by atoms with Crippen LogP contribution >= 0.6 is 0 Å². The molecule has 0 fully saturated rings. The molecule has 27 heavy (non-hydrogen) atoms. The number of carbonyl (C=O) groups excluding carboxylic acids is 1. The highest BCUT2D eigenvalue weighted by Gasteiger charge is 2.12. The van der Waals surface area contributed by atoms with E-state index in [-0.39, 0.29) is 5.91 Å². The molecule has 0 spiro atoms. The average molecular weight is 373 g/mol. The molecule has 0 aliphatic carbocycles. The van der Waals surface area contributed by atoms with Gasteiger partial charge in [0.15, 0.2) is 11.5 Å². The van der Waals surface area contributed by atoms with Gasteiger partial charge in [0.2, 0.25) is 5.95 Å². The summed E-state index contributed by atoms with van der Waals surface area (Å²) < 4.78 is 10.5. The molecular weight excluding hydrogens is 346 g/mol. The number of carbonyl (C=O) groups is 1. The van der Waals surface area contributed by atoms with Crippen LogP contribution in [0.1, 0.15) is 22.6 Å². The molecule has 1 amide bonds. The molecule has 2 aromatic rings. The second kappa shape index (κ2) is 9.72. The number of rotatable bonds is 9. The number of aromatic nitrogens is 2. The molecule has 0 unspecified atom stereocenters. The first-order chi connectivity index (χ1) is 12.9. The highest BCUT2D eigenvalue weighted by molar-refractivity contribution is 6.03. The van der Waals surface area contributed by atoms with Crippen LogP contribution in [-0.2, 0) is 0 Å². The van der Waals surface area contributed by atoms with Crippen LogP contribution < -0.4 is 20.1 Å². The van der Waals surface area contributed by atoms with Gasteiger partial charge in [0.05, 0.1) is 14.2 Å². The predicted molar refractivity (Wildman–Crippen MR) is 106 cm³/mol. The van der Waals surface area contributed by atoms with E-state index < -0.39 is 0 Å². The van der Waals surface area contributed by atoms with Crippen molar-refractivity contribution >= 4 is 17.5 Å². The van der Waals surface area contributed by atoms with Gasteiger partial charge >= 0.3 is 0 Å². The zero-order valence-corrected chi connectivity index (χ0v) is 16.5. The molecule has 0 radical (unpaired) electrons. The molecular formula is C19H27N5O3. The number of nitrogens with one attached hydrogen (secondary N) is 2. The first-order valence-electron chi connectivity index (χ1n) is 8.70. The van der Waals surface area contributed by atoms with E-state index in [9.17, 15) is 4.79 Å². The lowest BCUT2D eigenvalue weighted by Crippen LogP contribution is -2.19. The fourth-order valence-electron chi connectivity index (χ4n) is 2.47. The number of nitrogens with zero attached hydrogens (tertiary/aromatic N) is 3. The van der Waals surface area contributed by atoms with Crippen molar-refractivity contribution in [1.29, 1.82) is 0 Å². The Balaban J connectivity index is 2.07. The summed E-state index contributed by atoms with van der Waals surface area (Å²) in [5.41, 5.74) is 1.61. The van der Waals surface area contributed by atoms with Crippen LogP contribution in [0, 0.1) is 6.92 Å². The van der Waals surface area contributed by atoms with Gasteiger partial charge in [-0.2, -0.15) is 0 Å². The summed E-state index contributed by atoms with van der Waals surface area (Å²) in [6.07, 6.45) is 0.956. The van der Waals surface area contributed by atoms with E-state index in [1.807, 2.05) is 21.0 Å². The summed E-state index contributed by atoms with van der Waals surface area (Å²) in [5.74, 6) is 1.27. The van der Waals surface area contributed by atoms with Crippen LogP contribution in [-0.4, -0.2) is 62.2 Å². The maximum atomic E-state index is 12.6. The first-order valence-corrected chi connectivity index (χ1v) is 8.70. The van der Waals surface area contributed by atoms with Crippen molar-refractivity contribution in [3.63, 3.8) is 0 Å². The second-order valence-corrected chi connectivity index (χ2v) is 6.33. The van der Waals surface area contributed by atoms with Crippen LogP contribution in [0.15, 0.2) is 24.3 Å². The summed E-state index contributed by atoms with van der Waals surface area (Å²) in [7, 11) is 7.16. The van der Waals surface area contributed by atoms with Crippen molar-refractivity contribution in [2.75, 3.05) is 52.0 Å². The number of hydrogen-bond acceptors (Lipinski definition) is 7. The Morgan fingerprint density at radius 1 is 1.11 bits per heavy atom. The van der Waals surface area contributed by atoms with Gasteiger partial charge in [-0.05, 0) is 52.2 Å². The van der Waals surface area contributed by atoms with Gasteiger partial charge in [0.1, 0.15) is 5.69 Å². The van der Waals surface area contributed by atoms with Gasteiger partial charge in [0.25, 0.3) is 5.91 Å². The molecule has 8 heteroatoms. The van der Waals surface area contributed by atoms with Crippen molar-refractivity contribution in [3.05, 3.63) is 35.7 Å². The Kier molecular flexibility index (Phi) is 7.36. The molecule has 2 N–H and O–H groups in total. The third-order valence-corrected chi connectivity index (χ3v) is 3.79. The van der Waals surface area contributed by atoms with Crippen molar-refractivity contribution in [3.8, 4) is 11.5 Å². The molecule has 1 heterocycles. The zero-order valence-electron chi connectivity index (χ0n) is 16.5. The Bertz CT molecular complexity index is 780. The van der Waals surface area contributed by atoms with Gasteiger partial charge in [-0.25, -0.2) is 9.97 Å². The number of aryl methyl sites for hydroxylation is 1. The summed E-state index contributed by atoms with van der Waals surface area (Å²) >= 11 is 0. The topological polar surface area (TPSA) is 88.6 Å². The largest absolute Gasteiger partial charge is 0.493 e. The van der Waals surface area contributed by atoms with Crippen LogP contribution in [0.2, 0.25) is 0 Å². The number of anilines is 2. The van der Waals surface area contributed by atoms with E-state index in [1.165, 1.54) is 0 Å². The van der Waals surface area contributed by atoms with Gasteiger partial charge in [0, 0.05) is 24.0 Å². The van der Waals surface area contributed by atoms with Crippen LogP contribution in [0.4, 0.5) is 11.6 Å². The van der Waals surface area contributed by atoms with Crippen LogP contribution in [0.25, 0.3) is 0 Å². The maximum absolute atomic E-state index is 12.6. The SMILES string of the molecule is COc1ccc(NC(=O)c2cc(C)nc(NCCCN(C)C)n2)cc1OC. The summed E-state index contributed by atoms with van der Waals surface area (Å²) in [6.45, 7) is 3.53. The fourth-order valence-corrected chi connectivity index (χ4v) is 2.47. The maximum Gasteiger partial charge on any atom is 0.274 e. The van der Waals surface area contributed by atoms with Crippen molar-refractivity contribution < 1.29 is 14.3 Å². The van der Waals surface area contributed by atoms with E-state index in [1.54, 1.807) is 38.5 Å². The molecule has 146 valence electrons. The van der Waals surface area contributed by atoms with Gasteiger partial charge in [-0.1, -0.05) is 0 Å². The van der Waals surface area contributed by atoms with Crippen molar-refractivity contribution in [1.82, 2.24) is 14.9 Å². The lowest BCUT2D eigenvalue weighted by molar-refractivity contribution is 0.102. The third kappa shape index (κ3) is 6.10. The molecule has 0 bridgehead atoms. The third-order valence-electron chi connectivity index (χ3n) is 3.79. The van der Waals surface area contributed by atoms with Gasteiger partial charge < -0.3 is 25.0 Å². The monoisotopic (exact) mass is 373 g/mol.